The van der Waals surface area contributed by atoms with Crippen LogP contribution in [0.25, 0.3) is 0 Å². The zero-order valence-electron chi connectivity index (χ0n) is 11.6. The molecule has 0 heterocycles. The number of carboxylic acid groups (broad SMARTS) is 1. The maximum atomic E-state index is 11.0. The average molecular weight is 262 g/mol. The van der Waals surface area contributed by atoms with E-state index >= 15 is 0 Å². The topological polar surface area (TPSA) is 46.5 Å². The summed E-state index contributed by atoms with van der Waals surface area (Å²) in [6, 6.07) is 8.23. The molecule has 1 N–H and O–H groups in total. The molecule has 0 aliphatic heterocycles. The maximum absolute atomic E-state index is 11.0. The number of carboxylic acids is 1. The van der Waals surface area contributed by atoms with E-state index < -0.39 is 5.97 Å². The Morgan fingerprint density at radius 2 is 1.95 bits per heavy atom. The van der Waals surface area contributed by atoms with Crippen LogP contribution in [0.2, 0.25) is 0 Å². The van der Waals surface area contributed by atoms with Crippen LogP contribution in [0.15, 0.2) is 24.3 Å². The average Bonchev–Trinajstić information content (AvgIpc) is 2.38. The first-order chi connectivity index (χ1) is 9.06. The lowest BCUT2D eigenvalue weighted by Gasteiger charge is -2.26. The van der Waals surface area contributed by atoms with E-state index in [0.717, 1.165) is 31.4 Å². The molecule has 104 valence electrons. The Hall–Kier alpha value is -1.51. The van der Waals surface area contributed by atoms with Crippen LogP contribution in [0, 0.1) is 5.92 Å². The van der Waals surface area contributed by atoms with Crippen LogP contribution in [0.4, 0.5) is 0 Å². The van der Waals surface area contributed by atoms with Gasteiger partial charge in [-0.3, -0.25) is 4.79 Å². The number of rotatable bonds is 4. The summed E-state index contributed by atoms with van der Waals surface area (Å²) in [5, 5.41) is 9.02. The summed E-state index contributed by atoms with van der Waals surface area (Å²) in [7, 11) is 0. The molecule has 1 aromatic rings. The molecule has 19 heavy (non-hydrogen) atoms. The van der Waals surface area contributed by atoms with Gasteiger partial charge in [0.2, 0.25) is 0 Å². The van der Waals surface area contributed by atoms with Gasteiger partial charge >= 0.3 is 5.97 Å². The van der Waals surface area contributed by atoms with Gasteiger partial charge in [-0.2, -0.15) is 0 Å². The van der Waals surface area contributed by atoms with Crippen LogP contribution >= 0.6 is 0 Å². The standard InChI is InChI=1S/C16H22O3/c1-11(2)19-15-5-3-4-14(10-15)12-6-8-13(9-7-12)16(17)18/h3-5,10-13H,6-9H2,1-2H3,(H,17,18). The SMILES string of the molecule is CC(C)Oc1cccc(C2CCC(C(=O)O)CC2)c1. The Morgan fingerprint density at radius 3 is 2.53 bits per heavy atom. The highest BCUT2D eigenvalue weighted by Crippen LogP contribution is 2.36. The lowest BCUT2D eigenvalue weighted by molar-refractivity contribution is -0.142. The Bertz CT molecular complexity index is 431. The van der Waals surface area contributed by atoms with Crippen LogP contribution in [0.3, 0.4) is 0 Å². The molecule has 3 nitrogen and oxygen atoms in total. The zero-order chi connectivity index (χ0) is 13.8. The molecule has 1 aliphatic rings. The number of benzene rings is 1. The third kappa shape index (κ3) is 3.72. The second kappa shape index (κ2) is 6.09. The molecule has 1 aromatic carbocycles. The third-order valence-corrected chi connectivity index (χ3v) is 3.78. The summed E-state index contributed by atoms with van der Waals surface area (Å²) < 4.78 is 5.71. The highest BCUT2D eigenvalue weighted by Gasteiger charge is 2.26. The minimum Gasteiger partial charge on any atom is -0.491 e. The molecule has 2 rings (SSSR count). The first kappa shape index (κ1) is 13.9. The van der Waals surface area contributed by atoms with Crippen LogP contribution < -0.4 is 4.74 Å². The van der Waals surface area contributed by atoms with Gasteiger partial charge < -0.3 is 9.84 Å². The lowest BCUT2D eigenvalue weighted by Crippen LogP contribution is -2.20. The summed E-state index contributed by atoms with van der Waals surface area (Å²) in [6.07, 6.45) is 3.67. The van der Waals surface area contributed by atoms with Crippen molar-refractivity contribution >= 4 is 5.97 Å². The number of hydrogen-bond acceptors (Lipinski definition) is 2. The van der Waals surface area contributed by atoms with E-state index in [-0.39, 0.29) is 12.0 Å². The lowest BCUT2D eigenvalue weighted by atomic mass is 9.79. The quantitative estimate of drug-likeness (QED) is 0.897. The van der Waals surface area contributed by atoms with Crippen molar-refractivity contribution in [3.8, 4) is 5.75 Å². The van der Waals surface area contributed by atoms with Gasteiger partial charge in [0, 0.05) is 0 Å². The minimum atomic E-state index is -0.643. The van der Waals surface area contributed by atoms with Crippen molar-refractivity contribution in [2.24, 2.45) is 5.92 Å². The molecule has 3 heteroatoms. The molecule has 0 atom stereocenters. The van der Waals surface area contributed by atoms with Gasteiger partial charge in [-0.1, -0.05) is 12.1 Å². The molecule has 1 fully saturated rings. The van der Waals surface area contributed by atoms with Crippen LogP contribution in [-0.2, 0) is 4.79 Å². The van der Waals surface area contributed by atoms with Gasteiger partial charge in [0.1, 0.15) is 5.75 Å². The summed E-state index contributed by atoms with van der Waals surface area (Å²) >= 11 is 0. The normalized spacial score (nSPS) is 23.3. The summed E-state index contributed by atoms with van der Waals surface area (Å²) in [6.45, 7) is 4.04. The first-order valence-corrected chi connectivity index (χ1v) is 7.05. The van der Waals surface area contributed by atoms with Crippen molar-refractivity contribution in [3.63, 3.8) is 0 Å². The van der Waals surface area contributed by atoms with Crippen LogP contribution in [-0.4, -0.2) is 17.2 Å². The van der Waals surface area contributed by atoms with Gasteiger partial charge in [0.15, 0.2) is 0 Å². The predicted molar refractivity (Wildman–Crippen MR) is 74.5 cm³/mol. The van der Waals surface area contributed by atoms with E-state index in [1.807, 2.05) is 26.0 Å². The van der Waals surface area contributed by atoms with E-state index in [9.17, 15) is 4.79 Å². The maximum Gasteiger partial charge on any atom is 0.306 e. The number of aliphatic carboxylic acids is 1. The summed E-state index contributed by atoms with van der Waals surface area (Å²) in [5.74, 6) is 0.598. The van der Waals surface area contributed by atoms with Crippen LogP contribution in [0.5, 0.6) is 5.75 Å². The molecule has 1 aliphatic carbocycles. The molecule has 0 aromatic heterocycles. The molecule has 0 saturated heterocycles. The van der Waals surface area contributed by atoms with E-state index in [2.05, 4.69) is 12.1 Å². The van der Waals surface area contributed by atoms with Crippen molar-refractivity contribution < 1.29 is 14.6 Å². The zero-order valence-corrected chi connectivity index (χ0v) is 11.6. The number of carbonyl (C=O) groups is 1. The van der Waals surface area contributed by atoms with E-state index in [1.165, 1.54) is 5.56 Å². The van der Waals surface area contributed by atoms with Gasteiger partial charge in [0.25, 0.3) is 0 Å². The molecular weight excluding hydrogens is 240 g/mol. The molecule has 0 amide bonds. The summed E-state index contributed by atoms with van der Waals surface area (Å²) in [4.78, 5) is 11.0. The highest BCUT2D eigenvalue weighted by molar-refractivity contribution is 5.70. The Balaban J connectivity index is 2.01. The number of hydrogen-bond donors (Lipinski definition) is 1. The first-order valence-electron chi connectivity index (χ1n) is 7.05. The highest BCUT2D eigenvalue weighted by atomic mass is 16.5. The Labute approximate surface area is 114 Å². The predicted octanol–water partition coefficient (Wildman–Crippen LogP) is 3.83. The van der Waals surface area contributed by atoms with Gasteiger partial charge in [-0.15, -0.1) is 0 Å². The smallest absolute Gasteiger partial charge is 0.306 e. The molecule has 1 saturated carbocycles. The van der Waals surface area contributed by atoms with Gasteiger partial charge in [-0.05, 0) is 63.1 Å². The monoisotopic (exact) mass is 262 g/mol. The van der Waals surface area contributed by atoms with Gasteiger partial charge in [-0.25, -0.2) is 0 Å². The molecule has 0 bridgehead atoms. The van der Waals surface area contributed by atoms with Crippen molar-refractivity contribution in [3.05, 3.63) is 29.8 Å². The van der Waals surface area contributed by atoms with Gasteiger partial charge in [0.05, 0.1) is 12.0 Å². The fraction of sp³-hybridized carbons (Fsp3) is 0.562. The third-order valence-electron chi connectivity index (χ3n) is 3.78. The fourth-order valence-corrected chi connectivity index (χ4v) is 2.79. The van der Waals surface area contributed by atoms with Crippen molar-refractivity contribution in [1.29, 1.82) is 0 Å². The summed E-state index contributed by atoms with van der Waals surface area (Å²) in [5.41, 5.74) is 1.28. The Morgan fingerprint density at radius 1 is 1.26 bits per heavy atom. The number of ether oxygens (including phenoxy) is 1. The fourth-order valence-electron chi connectivity index (χ4n) is 2.79. The van der Waals surface area contributed by atoms with E-state index in [1.54, 1.807) is 0 Å². The molecule has 0 spiro atoms. The van der Waals surface area contributed by atoms with E-state index in [4.69, 9.17) is 9.84 Å². The molecule has 0 unspecified atom stereocenters. The van der Waals surface area contributed by atoms with Crippen molar-refractivity contribution in [2.75, 3.05) is 0 Å². The molecular formula is C16H22O3. The van der Waals surface area contributed by atoms with Crippen molar-refractivity contribution in [2.45, 2.75) is 51.6 Å². The van der Waals surface area contributed by atoms with Crippen LogP contribution in [0.1, 0.15) is 51.0 Å². The minimum absolute atomic E-state index is 0.147. The second-order valence-electron chi connectivity index (χ2n) is 5.63. The second-order valence-corrected chi connectivity index (χ2v) is 5.63. The molecule has 0 radical (unpaired) electrons. The largest absolute Gasteiger partial charge is 0.491 e. The Kier molecular flexibility index (Phi) is 4.46. The van der Waals surface area contributed by atoms with Crippen molar-refractivity contribution in [1.82, 2.24) is 0 Å². The van der Waals surface area contributed by atoms with E-state index in [0.29, 0.717) is 5.92 Å².